The highest BCUT2D eigenvalue weighted by molar-refractivity contribution is 7.91. The summed E-state index contributed by atoms with van der Waals surface area (Å²) in [6, 6.07) is 7.03. The molecule has 1 aromatic heterocycles. The van der Waals surface area contributed by atoms with Crippen LogP contribution in [0.25, 0.3) is 10.9 Å². The molecule has 0 saturated carbocycles. The topological polar surface area (TPSA) is 51.5 Å². The molecule has 0 spiro atoms. The maximum atomic E-state index is 13.0. The molecule has 2 bridgehead atoms. The summed E-state index contributed by atoms with van der Waals surface area (Å²) in [5.41, 5.74) is 3.79. The van der Waals surface area contributed by atoms with E-state index in [4.69, 9.17) is 11.6 Å². The number of nitrogens with zero attached hydrogens (tertiary/aromatic N) is 3. The van der Waals surface area contributed by atoms with Crippen molar-refractivity contribution in [1.29, 1.82) is 0 Å². The van der Waals surface area contributed by atoms with E-state index in [2.05, 4.69) is 28.6 Å². The van der Waals surface area contributed by atoms with Crippen LogP contribution in [0.2, 0.25) is 5.02 Å². The van der Waals surface area contributed by atoms with Crippen LogP contribution in [0.5, 0.6) is 0 Å². The molecule has 1 aromatic carbocycles. The molecule has 144 valence electrons. The lowest BCUT2D eigenvalue weighted by molar-refractivity contribution is -0.131. The number of carbonyl (C=O) groups excluding carboxylic acids is 1. The number of fused-ring (bicyclic) bond motifs is 6. The van der Waals surface area contributed by atoms with Gasteiger partial charge in [-0.1, -0.05) is 22.8 Å². The molecule has 27 heavy (non-hydrogen) atoms. The Bertz CT molecular complexity index is 906. The average molecular weight is 406 g/mol. The van der Waals surface area contributed by atoms with Gasteiger partial charge in [0.05, 0.1) is 13.1 Å². The Labute approximate surface area is 167 Å². The molecule has 7 heteroatoms. The number of rotatable bonds is 2. The molecule has 1 amide bonds. The highest BCUT2D eigenvalue weighted by atomic mass is 35.5. The fourth-order valence-corrected chi connectivity index (χ4v) is 6.35. The first-order valence-corrected chi connectivity index (χ1v) is 11.5. The van der Waals surface area contributed by atoms with Crippen LogP contribution in [0.1, 0.15) is 30.1 Å². The molecule has 5 nitrogen and oxygen atoms in total. The van der Waals surface area contributed by atoms with E-state index in [0.29, 0.717) is 43.2 Å². The zero-order valence-electron chi connectivity index (χ0n) is 15.5. The van der Waals surface area contributed by atoms with E-state index in [1.165, 1.54) is 29.5 Å². The van der Waals surface area contributed by atoms with Gasteiger partial charge in [0.1, 0.15) is 18.1 Å². The Morgan fingerprint density at radius 1 is 1.30 bits per heavy atom. The largest absolute Gasteiger partial charge is 0.616 e. The number of likely N-dealkylation sites (N-methyl/N-ethyl adjacent to an activating group) is 1. The first-order valence-electron chi connectivity index (χ1n) is 9.68. The number of aromatic nitrogens is 1. The van der Waals surface area contributed by atoms with Crippen molar-refractivity contribution in [2.24, 2.45) is 0 Å². The molecule has 3 aliphatic rings. The molecule has 0 aliphatic carbocycles. The Morgan fingerprint density at radius 3 is 2.85 bits per heavy atom. The fraction of sp³-hybridized carbons (Fsp3) is 0.550. The second-order valence-corrected chi connectivity index (χ2v) is 10.1. The number of carbonyl (C=O) groups is 1. The van der Waals surface area contributed by atoms with E-state index in [1.807, 2.05) is 11.0 Å². The molecule has 2 atom stereocenters. The summed E-state index contributed by atoms with van der Waals surface area (Å²) in [5, 5.41) is 1.94. The van der Waals surface area contributed by atoms with Crippen molar-refractivity contribution >= 4 is 39.6 Å². The van der Waals surface area contributed by atoms with Crippen molar-refractivity contribution < 1.29 is 9.35 Å². The zero-order valence-corrected chi connectivity index (χ0v) is 17.1. The molecule has 4 heterocycles. The Hall–Kier alpha value is -1.21. The van der Waals surface area contributed by atoms with Gasteiger partial charge < -0.3 is 14.0 Å². The lowest BCUT2D eigenvalue weighted by Crippen LogP contribution is -2.45. The van der Waals surface area contributed by atoms with Gasteiger partial charge in [0.15, 0.2) is 0 Å². The van der Waals surface area contributed by atoms with E-state index < -0.39 is 11.2 Å². The summed E-state index contributed by atoms with van der Waals surface area (Å²) >= 11 is 5.55. The van der Waals surface area contributed by atoms with Gasteiger partial charge in [0.2, 0.25) is 5.91 Å². The third-order valence-corrected chi connectivity index (χ3v) is 8.11. The van der Waals surface area contributed by atoms with Gasteiger partial charge in [-0.2, -0.15) is 0 Å². The van der Waals surface area contributed by atoms with Crippen LogP contribution in [0.4, 0.5) is 0 Å². The lowest BCUT2D eigenvalue weighted by atomic mass is 9.97. The maximum absolute atomic E-state index is 13.0. The minimum absolute atomic E-state index is 0.132. The number of benzene rings is 1. The first kappa shape index (κ1) is 17.9. The van der Waals surface area contributed by atoms with Crippen molar-refractivity contribution in [3.63, 3.8) is 0 Å². The first-order chi connectivity index (χ1) is 13.0. The van der Waals surface area contributed by atoms with Crippen molar-refractivity contribution in [3.8, 4) is 0 Å². The van der Waals surface area contributed by atoms with E-state index >= 15 is 0 Å². The smallest absolute Gasteiger partial charge is 0.242 e. The zero-order chi connectivity index (χ0) is 18.7. The Morgan fingerprint density at radius 2 is 2.07 bits per heavy atom. The third kappa shape index (κ3) is 2.89. The van der Waals surface area contributed by atoms with E-state index in [9.17, 15) is 9.35 Å². The molecular formula is C20H24ClN3O2S. The maximum Gasteiger partial charge on any atom is 0.242 e. The number of amides is 1. The number of hydrogen-bond acceptors (Lipinski definition) is 3. The van der Waals surface area contributed by atoms with Gasteiger partial charge in [0, 0.05) is 40.1 Å². The van der Waals surface area contributed by atoms with Crippen molar-refractivity contribution in [2.45, 2.75) is 37.9 Å². The molecule has 2 unspecified atom stereocenters. The van der Waals surface area contributed by atoms with Crippen LogP contribution in [0, 0.1) is 0 Å². The number of halogens is 1. The van der Waals surface area contributed by atoms with Crippen molar-refractivity contribution in [3.05, 3.63) is 34.5 Å². The SMILES string of the molecule is CN1C2CCC1c1c(n(CC(=O)N3CC[S+]([O-])CC3)c3ccc(Cl)cc13)C2. The normalized spacial score (nSPS) is 26.0. The third-order valence-electron chi connectivity index (χ3n) is 6.60. The second-order valence-electron chi connectivity index (χ2n) is 7.95. The van der Waals surface area contributed by atoms with Crippen LogP contribution in [-0.2, 0) is 28.9 Å². The summed E-state index contributed by atoms with van der Waals surface area (Å²) in [7, 11) is 2.22. The van der Waals surface area contributed by atoms with Gasteiger partial charge >= 0.3 is 0 Å². The molecule has 2 saturated heterocycles. The Kier molecular flexibility index (Phi) is 4.43. The highest BCUT2D eigenvalue weighted by Crippen LogP contribution is 2.47. The molecule has 2 aromatic rings. The monoisotopic (exact) mass is 405 g/mol. The van der Waals surface area contributed by atoms with Crippen LogP contribution < -0.4 is 0 Å². The van der Waals surface area contributed by atoms with Gasteiger partial charge in [-0.25, -0.2) is 0 Å². The predicted molar refractivity (Wildman–Crippen MR) is 109 cm³/mol. The van der Waals surface area contributed by atoms with E-state index in [-0.39, 0.29) is 5.91 Å². The summed E-state index contributed by atoms with van der Waals surface area (Å²) in [5.74, 6) is 1.33. The number of hydrogen-bond donors (Lipinski definition) is 0. The van der Waals surface area contributed by atoms with E-state index in [0.717, 1.165) is 17.0 Å². The second kappa shape index (κ2) is 6.69. The van der Waals surface area contributed by atoms with Gasteiger partial charge in [-0.05, 0) is 43.7 Å². The van der Waals surface area contributed by atoms with Gasteiger partial charge in [-0.3, -0.25) is 9.69 Å². The van der Waals surface area contributed by atoms with Crippen LogP contribution in [0.3, 0.4) is 0 Å². The molecule has 5 rings (SSSR count). The van der Waals surface area contributed by atoms with Crippen molar-refractivity contribution in [1.82, 2.24) is 14.4 Å². The summed E-state index contributed by atoms with van der Waals surface area (Å²) in [6.07, 6.45) is 3.38. The minimum Gasteiger partial charge on any atom is -0.616 e. The molecule has 2 fully saturated rings. The summed E-state index contributed by atoms with van der Waals surface area (Å²) in [6.45, 7) is 1.57. The summed E-state index contributed by atoms with van der Waals surface area (Å²) in [4.78, 5) is 17.4. The Balaban J connectivity index is 1.55. The summed E-state index contributed by atoms with van der Waals surface area (Å²) < 4.78 is 13.8. The van der Waals surface area contributed by atoms with Crippen LogP contribution >= 0.6 is 11.6 Å². The molecule has 0 radical (unpaired) electrons. The fourth-order valence-electron chi connectivity index (χ4n) is 5.13. The standard InChI is InChI=1S/C20H24ClN3O2S/c1-22-14-3-5-17(22)20-15-10-13(21)2-4-16(15)24(18(20)11-14)12-19(25)23-6-8-27(26)9-7-23/h2,4,10,14,17H,3,5-9,11-12H2,1H3. The van der Waals surface area contributed by atoms with E-state index in [1.54, 1.807) is 0 Å². The van der Waals surface area contributed by atoms with Gasteiger partial charge in [0.25, 0.3) is 0 Å². The van der Waals surface area contributed by atoms with Crippen LogP contribution in [0.15, 0.2) is 18.2 Å². The van der Waals surface area contributed by atoms with Gasteiger partial charge in [-0.15, -0.1) is 0 Å². The molecule has 3 aliphatic heterocycles. The quantitative estimate of drug-likeness (QED) is 0.721. The molecular weight excluding hydrogens is 382 g/mol. The highest BCUT2D eigenvalue weighted by Gasteiger charge is 2.41. The van der Waals surface area contributed by atoms with Crippen LogP contribution in [-0.4, -0.2) is 62.5 Å². The minimum atomic E-state index is -0.769. The molecule has 0 N–H and O–H groups in total. The lowest BCUT2D eigenvalue weighted by Gasteiger charge is -2.33. The van der Waals surface area contributed by atoms with Crippen molar-refractivity contribution in [2.75, 3.05) is 31.6 Å². The average Bonchev–Trinajstić information content (AvgIpc) is 3.06. The predicted octanol–water partition coefficient (Wildman–Crippen LogP) is 2.58.